The molecule has 2 heteroatoms. The zero-order chi connectivity index (χ0) is 30.2. The van der Waals surface area contributed by atoms with E-state index in [4.69, 9.17) is 0 Å². The van der Waals surface area contributed by atoms with Crippen LogP contribution in [0, 0.1) is 6.92 Å². The maximum atomic E-state index is 2.38. The second kappa shape index (κ2) is 11.3. The highest BCUT2D eigenvalue weighted by Crippen LogP contribution is 2.41. The average molecular weight is 577 g/mol. The van der Waals surface area contributed by atoms with Gasteiger partial charge < -0.3 is 9.47 Å². The second-order valence-corrected chi connectivity index (χ2v) is 11.6. The Morgan fingerprint density at radius 3 is 1.60 bits per heavy atom. The van der Waals surface area contributed by atoms with Gasteiger partial charge in [0.25, 0.3) is 0 Å². The van der Waals surface area contributed by atoms with Gasteiger partial charge in [-0.1, -0.05) is 115 Å². The molecular weight excluding hydrogens is 544 g/mol. The first-order valence-corrected chi connectivity index (χ1v) is 15.4. The quantitative estimate of drug-likeness (QED) is 0.191. The number of nitrogens with zero attached hydrogens (tertiary/aromatic N) is 2. The average Bonchev–Trinajstić information content (AvgIpc) is 3.43. The van der Waals surface area contributed by atoms with Gasteiger partial charge in [-0.25, -0.2) is 0 Å². The fourth-order valence-electron chi connectivity index (χ4n) is 6.47. The number of fused-ring (bicyclic) bond motifs is 3. The van der Waals surface area contributed by atoms with Crippen LogP contribution in [0.4, 0.5) is 17.1 Å². The Kier molecular flexibility index (Phi) is 6.73. The summed E-state index contributed by atoms with van der Waals surface area (Å²) in [6.07, 6.45) is 0. The van der Waals surface area contributed by atoms with Crippen LogP contribution in [0.1, 0.15) is 5.56 Å². The zero-order valence-electron chi connectivity index (χ0n) is 25.1. The van der Waals surface area contributed by atoms with Crippen LogP contribution in [0.3, 0.4) is 0 Å². The summed E-state index contributed by atoms with van der Waals surface area (Å²) < 4.78 is 2.38. The third-order valence-corrected chi connectivity index (χ3v) is 8.62. The van der Waals surface area contributed by atoms with E-state index < -0.39 is 0 Å². The minimum absolute atomic E-state index is 1.12. The summed E-state index contributed by atoms with van der Waals surface area (Å²) in [5, 5.41) is 2.46. The second-order valence-electron chi connectivity index (χ2n) is 11.6. The lowest BCUT2D eigenvalue weighted by molar-refractivity contribution is 1.18. The van der Waals surface area contributed by atoms with Gasteiger partial charge in [-0.15, -0.1) is 0 Å². The normalized spacial score (nSPS) is 11.2. The molecule has 0 saturated carbocycles. The molecule has 0 bridgehead atoms. The van der Waals surface area contributed by atoms with E-state index >= 15 is 0 Å². The van der Waals surface area contributed by atoms with Crippen molar-refractivity contribution in [2.75, 3.05) is 4.90 Å². The Labute approximate surface area is 264 Å². The van der Waals surface area contributed by atoms with Gasteiger partial charge >= 0.3 is 0 Å². The first kappa shape index (κ1) is 26.7. The van der Waals surface area contributed by atoms with Crippen molar-refractivity contribution in [2.45, 2.75) is 6.92 Å². The monoisotopic (exact) mass is 576 g/mol. The topological polar surface area (TPSA) is 8.17 Å². The predicted octanol–water partition coefficient (Wildman–Crippen LogP) is 11.9. The molecule has 0 saturated heterocycles. The fraction of sp³-hybridized carbons (Fsp3) is 0.0233. The van der Waals surface area contributed by atoms with E-state index in [9.17, 15) is 0 Å². The lowest BCUT2D eigenvalue weighted by atomic mass is 10.0. The van der Waals surface area contributed by atoms with Crippen molar-refractivity contribution >= 4 is 38.9 Å². The third-order valence-electron chi connectivity index (χ3n) is 8.62. The first-order valence-electron chi connectivity index (χ1n) is 15.4. The molecule has 0 aliphatic carbocycles. The Morgan fingerprint density at radius 1 is 0.378 bits per heavy atom. The molecule has 2 nitrogen and oxygen atoms in total. The van der Waals surface area contributed by atoms with Gasteiger partial charge in [0.2, 0.25) is 0 Å². The minimum Gasteiger partial charge on any atom is -0.310 e. The summed E-state index contributed by atoms with van der Waals surface area (Å²) in [6.45, 7) is 2.15. The number of para-hydroxylation sites is 2. The van der Waals surface area contributed by atoms with E-state index in [1.165, 1.54) is 49.6 Å². The van der Waals surface area contributed by atoms with Gasteiger partial charge in [0.15, 0.2) is 0 Å². The van der Waals surface area contributed by atoms with Crippen molar-refractivity contribution in [3.05, 3.63) is 181 Å². The highest BCUT2D eigenvalue weighted by Gasteiger charge is 2.18. The number of anilines is 3. The van der Waals surface area contributed by atoms with Gasteiger partial charge in [-0.3, -0.25) is 0 Å². The van der Waals surface area contributed by atoms with Crippen LogP contribution < -0.4 is 4.90 Å². The molecule has 0 fully saturated rings. The summed E-state index contributed by atoms with van der Waals surface area (Å²) in [4.78, 5) is 2.35. The smallest absolute Gasteiger partial charge is 0.0542 e. The van der Waals surface area contributed by atoms with E-state index in [2.05, 4.69) is 192 Å². The third kappa shape index (κ3) is 4.97. The van der Waals surface area contributed by atoms with Crippen LogP contribution in [0.5, 0.6) is 0 Å². The molecule has 214 valence electrons. The largest absolute Gasteiger partial charge is 0.310 e. The summed E-state index contributed by atoms with van der Waals surface area (Å²) in [6, 6.07) is 63.3. The number of benzene rings is 7. The van der Waals surface area contributed by atoms with Crippen molar-refractivity contribution in [2.24, 2.45) is 0 Å². The summed E-state index contributed by atoms with van der Waals surface area (Å²) >= 11 is 0. The summed E-state index contributed by atoms with van der Waals surface area (Å²) in [5.74, 6) is 0. The number of hydrogen-bond donors (Lipinski definition) is 0. The molecule has 8 aromatic rings. The van der Waals surface area contributed by atoms with E-state index in [1.807, 2.05) is 0 Å². The number of rotatable bonds is 6. The Hall–Kier alpha value is -5.86. The van der Waals surface area contributed by atoms with E-state index in [0.717, 1.165) is 22.7 Å². The number of aromatic nitrogens is 1. The molecule has 0 amide bonds. The lowest BCUT2D eigenvalue weighted by Gasteiger charge is -2.26. The van der Waals surface area contributed by atoms with Crippen LogP contribution in [0.2, 0.25) is 0 Å². The molecule has 1 aromatic heterocycles. The molecule has 0 aliphatic heterocycles. The Bertz CT molecular complexity index is 2250. The van der Waals surface area contributed by atoms with Gasteiger partial charge in [0, 0.05) is 33.5 Å². The van der Waals surface area contributed by atoms with Crippen molar-refractivity contribution < 1.29 is 0 Å². The Balaban J connectivity index is 1.33. The van der Waals surface area contributed by atoms with Crippen LogP contribution in [0.25, 0.3) is 49.7 Å². The van der Waals surface area contributed by atoms with E-state index in [-0.39, 0.29) is 0 Å². The van der Waals surface area contributed by atoms with Crippen LogP contribution >= 0.6 is 0 Å². The maximum absolute atomic E-state index is 2.38. The summed E-state index contributed by atoms with van der Waals surface area (Å²) in [7, 11) is 0. The van der Waals surface area contributed by atoms with Gasteiger partial charge in [-0.2, -0.15) is 0 Å². The van der Waals surface area contributed by atoms with Crippen molar-refractivity contribution in [1.82, 2.24) is 4.57 Å². The maximum Gasteiger partial charge on any atom is 0.0542 e. The molecule has 8 rings (SSSR count). The molecule has 0 spiro atoms. The van der Waals surface area contributed by atoms with Crippen LogP contribution in [0.15, 0.2) is 176 Å². The fourth-order valence-corrected chi connectivity index (χ4v) is 6.47. The van der Waals surface area contributed by atoms with Crippen molar-refractivity contribution in [3.63, 3.8) is 0 Å². The molecule has 0 aliphatic rings. The standard InChI is InChI=1S/C43H32N2/c1-31-12-11-15-34(28-31)35-22-26-42-40(29-35)41-30-39(25-27-43(41)45(42)37-18-9-4-10-19-37)44(36-16-7-3-8-17-36)38-23-20-33(21-24-38)32-13-5-2-6-14-32/h2-30H,1H3. The predicted molar refractivity (Wildman–Crippen MR) is 191 cm³/mol. The zero-order valence-corrected chi connectivity index (χ0v) is 25.1. The molecule has 0 unspecified atom stereocenters. The highest BCUT2D eigenvalue weighted by atomic mass is 15.1. The molecule has 1 heterocycles. The molecule has 0 radical (unpaired) electrons. The van der Waals surface area contributed by atoms with E-state index in [0.29, 0.717) is 0 Å². The van der Waals surface area contributed by atoms with Crippen LogP contribution in [-0.4, -0.2) is 4.57 Å². The molecule has 0 N–H and O–H groups in total. The number of hydrogen-bond acceptors (Lipinski definition) is 1. The van der Waals surface area contributed by atoms with Crippen molar-refractivity contribution in [3.8, 4) is 27.9 Å². The van der Waals surface area contributed by atoms with Gasteiger partial charge in [-0.05, 0) is 95.9 Å². The molecule has 45 heavy (non-hydrogen) atoms. The van der Waals surface area contributed by atoms with Crippen molar-refractivity contribution in [1.29, 1.82) is 0 Å². The minimum atomic E-state index is 1.12. The highest BCUT2D eigenvalue weighted by molar-refractivity contribution is 6.11. The van der Waals surface area contributed by atoms with E-state index in [1.54, 1.807) is 0 Å². The summed E-state index contributed by atoms with van der Waals surface area (Å²) in [5.41, 5.74) is 13.0. The SMILES string of the molecule is Cc1cccc(-c2ccc3c(c2)c2cc(N(c4ccccc4)c4ccc(-c5ccccc5)cc4)ccc2n3-c2ccccc2)c1. The molecule has 0 atom stereocenters. The number of aryl methyl sites for hydroxylation is 1. The Morgan fingerprint density at radius 2 is 0.889 bits per heavy atom. The van der Waals surface area contributed by atoms with Gasteiger partial charge in [0.1, 0.15) is 0 Å². The van der Waals surface area contributed by atoms with Crippen LogP contribution in [-0.2, 0) is 0 Å². The molecule has 7 aromatic carbocycles. The first-order chi connectivity index (χ1) is 22.2. The molecular formula is C43H32N2. The van der Waals surface area contributed by atoms with Gasteiger partial charge in [0.05, 0.1) is 11.0 Å². The lowest BCUT2D eigenvalue weighted by Crippen LogP contribution is -2.09.